The van der Waals surface area contributed by atoms with Crippen molar-refractivity contribution in [2.45, 2.75) is 25.8 Å². The van der Waals surface area contributed by atoms with Crippen LogP contribution in [0.2, 0.25) is 0 Å². The molecule has 3 heteroatoms. The molecule has 20 heavy (non-hydrogen) atoms. The molecule has 1 aliphatic carbocycles. The summed E-state index contributed by atoms with van der Waals surface area (Å²) in [5.74, 6) is 0.983. The Bertz CT molecular complexity index is 734. The van der Waals surface area contributed by atoms with Crippen molar-refractivity contribution >= 4 is 27.9 Å². The van der Waals surface area contributed by atoms with Crippen LogP contribution in [0.3, 0.4) is 0 Å². The van der Waals surface area contributed by atoms with E-state index >= 15 is 0 Å². The summed E-state index contributed by atoms with van der Waals surface area (Å²) in [5, 5.41) is 5.92. The first-order valence-corrected chi connectivity index (χ1v) is 7.90. The van der Waals surface area contributed by atoms with E-state index < -0.39 is 0 Å². The molecule has 0 unspecified atom stereocenters. The summed E-state index contributed by atoms with van der Waals surface area (Å²) in [7, 11) is 0. The normalized spacial score (nSPS) is 13.6. The highest BCUT2D eigenvalue weighted by Gasteiger charge is 2.14. The molecule has 3 aromatic rings. The van der Waals surface area contributed by atoms with Crippen molar-refractivity contribution in [3.8, 4) is 0 Å². The van der Waals surface area contributed by atoms with Crippen LogP contribution in [-0.4, -0.2) is 4.98 Å². The van der Waals surface area contributed by atoms with E-state index in [1.807, 2.05) is 17.5 Å². The second-order valence-corrected chi connectivity index (χ2v) is 6.47. The van der Waals surface area contributed by atoms with Crippen LogP contribution in [0, 0.1) is 0 Å². The molecule has 0 saturated heterocycles. The van der Waals surface area contributed by atoms with Crippen LogP contribution in [0.1, 0.15) is 21.7 Å². The fourth-order valence-electron chi connectivity index (χ4n) is 2.91. The van der Waals surface area contributed by atoms with E-state index in [4.69, 9.17) is 0 Å². The summed E-state index contributed by atoms with van der Waals surface area (Å²) in [6.45, 7) is 0.874. The van der Waals surface area contributed by atoms with E-state index in [-0.39, 0.29) is 0 Å². The van der Waals surface area contributed by atoms with Crippen LogP contribution < -0.4 is 5.32 Å². The highest BCUT2D eigenvalue weighted by atomic mass is 32.1. The topological polar surface area (TPSA) is 24.9 Å². The Balaban J connectivity index is 1.58. The quantitative estimate of drug-likeness (QED) is 0.769. The van der Waals surface area contributed by atoms with Gasteiger partial charge in [-0.25, -0.2) is 4.98 Å². The van der Waals surface area contributed by atoms with Gasteiger partial charge in [-0.1, -0.05) is 24.3 Å². The van der Waals surface area contributed by atoms with Crippen LogP contribution in [0.15, 0.2) is 42.6 Å². The first-order valence-electron chi connectivity index (χ1n) is 7.08. The molecule has 0 amide bonds. The zero-order chi connectivity index (χ0) is 13.4. The van der Waals surface area contributed by atoms with Crippen molar-refractivity contribution in [3.63, 3.8) is 0 Å². The molecule has 4 rings (SSSR count). The Morgan fingerprint density at radius 3 is 3.05 bits per heavy atom. The molecule has 0 spiro atoms. The molecule has 100 valence electrons. The van der Waals surface area contributed by atoms with Crippen molar-refractivity contribution in [1.29, 1.82) is 0 Å². The predicted molar refractivity (Wildman–Crippen MR) is 85.4 cm³/mol. The highest BCUT2D eigenvalue weighted by Crippen LogP contribution is 2.31. The summed E-state index contributed by atoms with van der Waals surface area (Å²) >= 11 is 1.96. The van der Waals surface area contributed by atoms with Gasteiger partial charge in [0.05, 0.1) is 6.54 Å². The number of nitrogens with one attached hydrogen (secondary N) is 1. The monoisotopic (exact) mass is 280 g/mol. The summed E-state index contributed by atoms with van der Waals surface area (Å²) < 4.78 is 0. The Morgan fingerprint density at radius 1 is 1.15 bits per heavy atom. The fraction of sp³-hybridized carbons (Fsp3) is 0.235. The smallest absolute Gasteiger partial charge is 0.134 e. The lowest BCUT2D eigenvalue weighted by Crippen LogP contribution is -2.00. The minimum atomic E-state index is 0.874. The maximum atomic E-state index is 4.48. The van der Waals surface area contributed by atoms with Gasteiger partial charge >= 0.3 is 0 Å². The average molecular weight is 280 g/mol. The van der Waals surface area contributed by atoms with Crippen molar-refractivity contribution < 1.29 is 0 Å². The van der Waals surface area contributed by atoms with Crippen LogP contribution >= 0.6 is 11.3 Å². The van der Waals surface area contributed by atoms with Gasteiger partial charge in [-0.05, 0) is 42.3 Å². The van der Waals surface area contributed by atoms with Crippen molar-refractivity contribution in [3.05, 3.63) is 57.9 Å². The van der Waals surface area contributed by atoms with Crippen LogP contribution in [0.25, 0.3) is 10.8 Å². The van der Waals surface area contributed by atoms with Gasteiger partial charge < -0.3 is 5.32 Å². The molecule has 1 aromatic carbocycles. The zero-order valence-electron chi connectivity index (χ0n) is 11.2. The van der Waals surface area contributed by atoms with Gasteiger partial charge in [0.1, 0.15) is 5.82 Å². The molecule has 2 aromatic heterocycles. The molecule has 0 saturated carbocycles. The second-order valence-electron chi connectivity index (χ2n) is 5.25. The predicted octanol–water partition coefficient (Wildman–Crippen LogP) is 4.40. The van der Waals surface area contributed by atoms with Crippen molar-refractivity contribution in [2.24, 2.45) is 0 Å². The largest absolute Gasteiger partial charge is 0.365 e. The third-order valence-electron chi connectivity index (χ3n) is 3.90. The maximum absolute atomic E-state index is 4.48. The zero-order valence-corrected chi connectivity index (χ0v) is 12.0. The highest BCUT2D eigenvalue weighted by molar-refractivity contribution is 7.12. The molecule has 1 aliphatic rings. The molecule has 2 nitrogen and oxygen atoms in total. The van der Waals surface area contributed by atoms with Crippen molar-refractivity contribution in [1.82, 2.24) is 4.98 Å². The average Bonchev–Trinajstić information content (AvgIpc) is 3.06. The lowest BCUT2D eigenvalue weighted by Gasteiger charge is -2.07. The number of thiophene rings is 1. The Morgan fingerprint density at radius 2 is 2.10 bits per heavy atom. The summed E-state index contributed by atoms with van der Waals surface area (Å²) in [6.07, 6.45) is 5.74. The van der Waals surface area contributed by atoms with Gasteiger partial charge in [0.2, 0.25) is 0 Å². The Hall–Kier alpha value is -1.87. The number of nitrogens with zero attached hydrogens (tertiary/aromatic N) is 1. The Kier molecular flexibility index (Phi) is 2.92. The number of benzene rings is 1. The summed E-state index contributed by atoms with van der Waals surface area (Å²) in [4.78, 5) is 7.49. The SMILES string of the molecule is c1ccc2c(NCc3cc4c(s3)CCC4)nccc2c1. The standard InChI is InChI=1S/C17H16N2S/c1-2-6-15-12(4-1)8-9-18-17(15)19-11-14-10-13-5-3-7-16(13)20-14/h1-2,4,6,8-10H,3,5,7,11H2,(H,18,19). The van der Waals surface area contributed by atoms with Gasteiger partial charge in [0, 0.05) is 21.3 Å². The number of rotatable bonds is 3. The van der Waals surface area contributed by atoms with Gasteiger partial charge in [0.15, 0.2) is 0 Å². The molecule has 0 atom stereocenters. The van der Waals surface area contributed by atoms with E-state index in [1.165, 1.54) is 34.9 Å². The first-order chi connectivity index (χ1) is 9.90. The van der Waals surface area contributed by atoms with Gasteiger partial charge in [-0.15, -0.1) is 11.3 Å². The third kappa shape index (κ3) is 2.08. The molecule has 1 N–H and O–H groups in total. The van der Waals surface area contributed by atoms with E-state index in [0.29, 0.717) is 0 Å². The van der Waals surface area contributed by atoms with E-state index in [0.717, 1.165) is 12.4 Å². The summed E-state index contributed by atoms with van der Waals surface area (Å²) in [5.41, 5.74) is 1.57. The number of aromatic nitrogens is 1. The maximum Gasteiger partial charge on any atom is 0.134 e. The van der Waals surface area contributed by atoms with Crippen LogP contribution in [-0.2, 0) is 19.4 Å². The molecular weight excluding hydrogens is 264 g/mol. The first kappa shape index (κ1) is 11.9. The fourth-order valence-corrected chi connectivity index (χ4v) is 4.11. The third-order valence-corrected chi connectivity index (χ3v) is 5.14. The van der Waals surface area contributed by atoms with Crippen molar-refractivity contribution in [2.75, 3.05) is 5.32 Å². The minimum absolute atomic E-state index is 0.874. The van der Waals surface area contributed by atoms with E-state index in [2.05, 4.69) is 46.7 Å². The summed E-state index contributed by atoms with van der Waals surface area (Å²) in [6, 6.07) is 12.8. The molecule has 0 radical (unpaired) electrons. The molecule has 0 bridgehead atoms. The molecular formula is C17H16N2S. The van der Waals surface area contributed by atoms with Gasteiger partial charge in [0.25, 0.3) is 0 Å². The number of aryl methyl sites for hydroxylation is 2. The lowest BCUT2D eigenvalue weighted by atomic mass is 10.1. The number of fused-ring (bicyclic) bond motifs is 2. The van der Waals surface area contributed by atoms with E-state index in [9.17, 15) is 0 Å². The van der Waals surface area contributed by atoms with Gasteiger partial charge in [-0.2, -0.15) is 0 Å². The lowest BCUT2D eigenvalue weighted by molar-refractivity contribution is 0.913. The molecule has 0 aliphatic heterocycles. The second kappa shape index (κ2) is 4.91. The number of hydrogen-bond donors (Lipinski definition) is 1. The number of hydrogen-bond acceptors (Lipinski definition) is 3. The van der Waals surface area contributed by atoms with E-state index in [1.54, 1.807) is 10.4 Å². The number of anilines is 1. The molecule has 0 fully saturated rings. The Labute approximate surface area is 122 Å². The van der Waals surface area contributed by atoms with Crippen LogP contribution in [0.5, 0.6) is 0 Å². The number of pyridine rings is 1. The minimum Gasteiger partial charge on any atom is -0.365 e. The van der Waals surface area contributed by atoms with Crippen LogP contribution in [0.4, 0.5) is 5.82 Å². The molecule has 2 heterocycles. The van der Waals surface area contributed by atoms with Gasteiger partial charge in [-0.3, -0.25) is 0 Å².